The molecule has 13 heavy (non-hydrogen) atoms. The Morgan fingerprint density at radius 2 is 2.00 bits per heavy atom. The molecule has 0 saturated heterocycles. The van der Waals surface area contributed by atoms with Crippen LogP contribution in [0.4, 0.5) is 13.2 Å². The van der Waals surface area contributed by atoms with E-state index in [-0.39, 0.29) is 12.3 Å². The summed E-state index contributed by atoms with van der Waals surface area (Å²) >= 11 is 0. The lowest BCUT2D eigenvalue weighted by atomic mass is 9.71. The summed E-state index contributed by atoms with van der Waals surface area (Å²) in [7, 11) is 0. The van der Waals surface area contributed by atoms with Gasteiger partial charge in [-0.1, -0.05) is 6.42 Å². The molecule has 2 aliphatic carbocycles. The zero-order valence-corrected chi connectivity index (χ0v) is 7.19. The maximum absolute atomic E-state index is 13.9. The van der Waals surface area contributed by atoms with Crippen molar-refractivity contribution in [2.75, 3.05) is 0 Å². The summed E-state index contributed by atoms with van der Waals surface area (Å²) in [6.07, 6.45) is 3.86. The highest BCUT2D eigenvalue weighted by molar-refractivity contribution is 5.28. The largest absolute Gasteiger partial charge is 0.238 e. The first-order valence-electron chi connectivity index (χ1n) is 4.53. The maximum atomic E-state index is 13.9. The van der Waals surface area contributed by atoms with Crippen molar-refractivity contribution in [1.82, 2.24) is 0 Å². The minimum Gasteiger partial charge on any atom is -0.238 e. The molecular weight excluding hydrogens is 177 g/mol. The van der Waals surface area contributed by atoms with Gasteiger partial charge in [0, 0.05) is 12.5 Å². The molecule has 0 aromatic heterocycles. The Hall–Kier alpha value is -0.730. The van der Waals surface area contributed by atoms with E-state index in [4.69, 9.17) is 0 Å². The number of hydrogen-bond acceptors (Lipinski definition) is 0. The van der Waals surface area contributed by atoms with Crippen molar-refractivity contribution in [2.45, 2.75) is 31.4 Å². The lowest BCUT2D eigenvalue weighted by Crippen LogP contribution is -2.37. The normalized spacial score (nSPS) is 35.0. The van der Waals surface area contributed by atoms with E-state index in [1.54, 1.807) is 0 Å². The first-order valence-corrected chi connectivity index (χ1v) is 4.53. The standard InChI is InChI=1S/C10H11F3/c11-8-4-9(12)6-10(13,5-8)7-2-1-3-7/h4-5,7H,1-3,6H2. The van der Waals surface area contributed by atoms with Crippen LogP contribution in [0.15, 0.2) is 23.8 Å². The van der Waals surface area contributed by atoms with E-state index in [0.717, 1.165) is 31.4 Å². The van der Waals surface area contributed by atoms with E-state index in [1.165, 1.54) is 0 Å². The summed E-state index contributed by atoms with van der Waals surface area (Å²) in [5, 5.41) is 0. The summed E-state index contributed by atoms with van der Waals surface area (Å²) in [6, 6.07) is 0. The van der Waals surface area contributed by atoms with Gasteiger partial charge >= 0.3 is 0 Å². The molecule has 72 valence electrons. The first kappa shape index (κ1) is 8.85. The van der Waals surface area contributed by atoms with E-state index < -0.39 is 17.3 Å². The second-order valence-electron chi connectivity index (χ2n) is 3.85. The van der Waals surface area contributed by atoms with Gasteiger partial charge in [-0.15, -0.1) is 0 Å². The molecule has 0 spiro atoms. The van der Waals surface area contributed by atoms with Crippen LogP contribution in [0.1, 0.15) is 25.7 Å². The van der Waals surface area contributed by atoms with Crippen LogP contribution in [-0.2, 0) is 0 Å². The fourth-order valence-electron chi connectivity index (χ4n) is 1.93. The van der Waals surface area contributed by atoms with Gasteiger partial charge in [0.15, 0.2) is 0 Å². The number of alkyl halides is 1. The van der Waals surface area contributed by atoms with Gasteiger partial charge in [-0.2, -0.15) is 0 Å². The van der Waals surface area contributed by atoms with Crippen molar-refractivity contribution in [3.05, 3.63) is 23.8 Å². The predicted octanol–water partition coefficient (Wildman–Crippen LogP) is 3.61. The van der Waals surface area contributed by atoms with E-state index in [2.05, 4.69) is 0 Å². The van der Waals surface area contributed by atoms with Crippen LogP contribution in [0.2, 0.25) is 0 Å². The molecule has 0 N–H and O–H groups in total. The molecule has 3 heteroatoms. The van der Waals surface area contributed by atoms with Gasteiger partial charge in [0.2, 0.25) is 0 Å². The highest BCUT2D eigenvalue weighted by Crippen LogP contribution is 2.45. The van der Waals surface area contributed by atoms with Crippen molar-refractivity contribution >= 4 is 0 Å². The van der Waals surface area contributed by atoms with E-state index in [0.29, 0.717) is 0 Å². The third-order valence-electron chi connectivity index (χ3n) is 2.90. The second-order valence-corrected chi connectivity index (χ2v) is 3.85. The van der Waals surface area contributed by atoms with Crippen LogP contribution < -0.4 is 0 Å². The lowest BCUT2D eigenvalue weighted by molar-refractivity contribution is 0.0680. The number of rotatable bonds is 1. The van der Waals surface area contributed by atoms with Crippen molar-refractivity contribution < 1.29 is 13.2 Å². The van der Waals surface area contributed by atoms with Gasteiger partial charge in [0.25, 0.3) is 0 Å². The minimum absolute atomic E-state index is 0.183. The van der Waals surface area contributed by atoms with Crippen molar-refractivity contribution in [3.63, 3.8) is 0 Å². The molecule has 0 radical (unpaired) electrons. The molecule has 1 fully saturated rings. The molecular formula is C10H11F3. The Balaban J connectivity index is 2.20. The molecule has 0 heterocycles. The van der Waals surface area contributed by atoms with Crippen LogP contribution in [0.3, 0.4) is 0 Å². The average Bonchev–Trinajstić information content (AvgIpc) is 1.75. The Bertz CT molecular complexity index is 276. The summed E-state index contributed by atoms with van der Waals surface area (Å²) < 4.78 is 39.5. The summed E-state index contributed by atoms with van der Waals surface area (Å²) in [5.41, 5.74) is -1.76. The molecule has 1 atom stereocenters. The van der Waals surface area contributed by atoms with Gasteiger partial charge in [-0.3, -0.25) is 0 Å². The topological polar surface area (TPSA) is 0 Å². The number of halogens is 3. The SMILES string of the molecule is FC1=CC(F)(C2CCC2)CC(F)=C1. The summed E-state index contributed by atoms with van der Waals surface area (Å²) in [6.45, 7) is 0. The van der Waals surface area contributed by atoms with Crippen LogP contribution in [0, 0.1) is 5.92 Å². The fourth-order valence-corrected chi connectivity index (χ4v) is 1.93. The van der Waals surface area contributed by atoms with E-state index in [1.807, 2.05) is 0 Å². The first-order chi connectivity index (χ1) is 6.10. The second kappa shape index (κ2) is 2.89. The van der Waals surface area contributed by atoms with Crippen LogP contribution in [0.25, 0.3) is 0 Å². The van der Waals surface area contributed by atoms with Crippen LogP contribution in [0.5, 0.6) is 0 Å². The monoisotopic (exact) mass is 188 g/mol. The molecule has 0 bridgehead atoms. The smallest absolute Gasteiger partial charge is 0.141 e. The Morgan fingerprint density at radius 1 is 1.31 bits per heavy atom. The quantitative estimate of drug-likeness (QED) is 0.589. The fraction of sp³-hybridized carbons (Fsp3) is 0.600. The summed E-state index contributed by atoms with van der Waals surface area (Å²) in [4.78, 5) is 0. The van der Waals surface area contributed by atoms with Crippen LogP contribution in [-0.4, -0.2) is 5.67 Å². The zero-order chi connectivity index (χ0) is 9.47. The number of hydrogen-bond donors (Lipinski definition) is 0. The van der Waals surface area contributed by atoms with Crippen LogP contribution >= 0.6 is 0 Å². The molecule has 2 rings (SSSR count). The van der Waals surface area contributed by atoms with Gasteiger partial charge < -0.3 is 0 Å². The maximum Gasteiger partial charge on any atom is 0.141 e. The molecule has 2 aliphatic rings. The minimum atomic E-state index is -1.76. The molecule has 0 aromatic carbocycles. The van der Waals surface area contributed by atoms with Crippen molar-refractivity contribution in [1.29, 1.82) is 0 Å². The Kier molecular flexibility index (Phi) is 1.97. The number of allylic oxidation sites excluding steroid dienone is 4. The molecule has 1 saturated carbocycles. The third-order valence-corrected chi connectivity index (χ3v) is 2.90. The summed E-state index contributed by atoms with van der Waals surface area (Å²) in [5.74, 6) is -1.65. The molecule has 0 nitrogen and oxygen atoms in total. The van der Waals surface area contributed by atoms with Crippen molar-refractivity contribution in [2.24, 2.45) is 5.92 Å². The van der Waals surface area contributed by atoms with E-state index in [9.17, 15) is 13.2 Å². The van der Waals surface area contributed by atoms with Gasteiger partial charge in [-0.05, 0) is 24.8 Å². The van der Waals surface area contributed by atoms with Crippen molar-refractivity contribution in [3.8, 4) is 0 Å². The van der Waals surface area contributed by atoms with Gasteiger partial charge in [0.05, 0.1) is 0 Å². The van der Waals surface area contributed by atoms with Gasteiger partial charge in [0.1, 0.15) is 17.3 Å². The average molecular weight is 188 g/mol. The zero-order valence-electron chi connectivity index (χ0n) is 7.19. The highest BCUT2D eigenvalue weighted by Gasteiger charge is 2.43. The Morgan fingerprint density at radius 3 is 2.46 bits per heavy atom. The van der Waals surface area contributed by atoms with Gasteiger partial charge in [-0.25, -0.2) is 13.2 Å². The molecule has 1 unspecified atom stereocenters. The predicted molar refractivity (Wildman–Crippen MR) is 44.2 cm³/mol. The molecule has 0 aliphatic heterocycles. The highest BCUT2D eigenvalue weighted by atomic mass is 19.2. The lowest BCUT2D eigenvalue weighted by Gasteiger charge is -2.38. The Labute approximate surface area is 75.1 Å². The van der Waals surface area contributed by atoms with E-state index >= 15 is 0 Å². The molecule has 0 amide bonds. The third kappa shape index (κ3) is 1.52. The molecule has 0 aromatic rings.